The molecule has 1 aliphatic rings. The molecule has 0 saturated carbocycles. The fourth-order valence-corrected chi connectivity index (χ4v) is 6.47. The summed E-state index contributed by atoms with van der Waals surface area (Å²) in [5.74, 6) is 0.241. The molecule has 0 fully saturated rings. The highest BCUT2D eigenvalue weighted by Gasteiger charge is 2.29. The van der Waals surface area contributed by atoms with Crippen LogP contribution in [0.1, 0.15) is 22.6 Å². The molecular formula is C37H25N. The van der Waals surface area contributed by atoms with Crippen LogP contribution in [-0.2, 0) is 0 Å². The molecule has 0 radical (unpaired) electrons. The lowest BCUT2D eigenvalue weighted by Gasteiger charge is -2.16. The van der Waals surface area contributed by atoms with Crippen molar-refractivity contribution in [3.05, 3.63) is 162 Å². The van der Waals surface area contributed by atoms with Crippen LogP contribution >= 0.6 is 0 Å². The van der Waals surface area contributed by atoms with E-state index in [0.717, 1.165) is 0 Å². The largest absolute Gasteiger partial charge is 0.309 e. The lowest BCUT2D eigenvalue weighted by molar-refractivity contribution is 1.02. The number of rotatable bonds is 3. The van der Waals surface area contributed by atoms with E-state index >= 15 is 0 Å². The summed E-state index contributed by atoms with van der Waals surface area (Å²) in [4.78, 5) is 0. The van der Waals surface area contributed by atoms with Gasteiger partial charge in [-0.2, -0.15) is 0 Å². The van der Waals surface area contributed by atoms with Gasteiger partial charge in [-0.25, -0.2) is 0 Å². The Balaban J connectivity index is 1.39. The van der Waals surface area contributed by atoms with Gasteiger partial charge in [-0.15, -0.1) is 0 Å². The molecule has 0 atom stereocenters. The van der Waals surface area contributed by atoms with Gasteiger partial charge in [-0.05, 0) is 57.6 Å². The van der Waals surface area contributed by atoms with Gasteiger partial charge in [0.05, 0.1) is 16.7 Å². The molecule has 178 valence electrons. The van der Waals surface area contributed by atoms with Gasteiger partial charge < -0.3 is 4.57 Å². The summed E-state index contributed by atoms with van der Waals surface area (Å²) in [6.45, 7) is 0. The SMILES string of the molecule is c1ccc(-c2ccccc2-n2c3ccccc3c3cc(C4c5ccccc5-c5ccccc54)ccc32)cc1. The summed E-state index contributed by atoms with van der Waals surface area (Å²) in [6.07, 6.45) is 0. The minimum Gasteiger partial charge on any atom is -0.309 e. The summed E-state index contributed by atoms with van der Waals surface area (Å²) in [6, 6.07) is 53.1. The fraction of sp³-hybridized carbons (Fsp3) is 0.0270. The van der Waals surface area contributed by atoms with E-state index in [9.17, 15) is 0 Å². The summed E-state index contributed by atoms with van der Waals surface area (Å²) < 4.78 is 2.44. The Morgan fingerprint density at radius 2 is 1.00 bits per heavy atom. The third kappa shape index (κ3) is 3.06. The minimum atomic E-state index is 0.241. The lowest BCUT2D eigenvalue weighted by Crippen LogP contribution is -2.00. The normalized spacial score (nSPS) is 12.6. The van der Waals surface area contributed by atoms with Crippen LogP contribution < -0.4 is 0 Å². The summed E-state index contributed by atoms with van der Waals surface area (Å²) >= 11 is 0. The molecule has 38 heavy (non-hydrogen) atoms. The number of aromatic nitrogens is 1. The van der Waals surface area contributed by atoms with Crippen LogP contribution in [0.2, 0.25) is 0 Å². The van der Waals surface area contributed by atoms with Gasteiger partial charge in [0.1, 0.15) is 0 Å². The van der Waals surface area contributed by atoms with Gasteiger partial charge in [-0.1, -0.05) is 121 Å². The molecule has 1 heteroatoms. The Hall–Kier alpha value is -4.88. The average Bonchev–Trinajstić information content (AvgIpc) is 3.50. The third-order valence-electron chi connectivity index (χ3n) is 8.09. The van der Waals surface area contributed by atoms with Gasteiger partial charge in [0.15, 0.2) is 0 Å². The highest BCUT2D eigenvalue weighted by atomic mass is 15.0. The molecule has 1 heterocycles. The van der Waals surface area contributed by atoms with E-state index in [1.165, 1.54) is 66.4 Å². The predicted octanol–water partition coefficient (Wildman–Crippen LogP) is 9.61. The molecule has 0 N–H and O–H groups in total. The van der Waals surface area contributed by atoms with Crippen LogP contribution in [0.15, 0.2) is 146 Å². The van der Waals surface area contributed by atoms with Crippen molar-refractivity contribution >= 4 is 21.8 Å². The molecule has 0 spiro atoms. The van der Waals surface area contributed by atoms with Crippen molar-refractivity contribution in [1.82, 2.24) is 4.57 Å². The second-order valence-electron chi connectivity index (χ2n) is 10.1. The van der Waals surface area contributed by atoms with E-state index in [-0.39, 0.29) is 5.92 Å². The Bertz CT molecular complexity index is 1930. The molecule has 1 nitrogen and oxygen atoms in total. The van der Waals surface area contributed by atoms with Crippen LogP contribution in [0.5, 0.6) is 0 Å². The molecule has 0 bridgehead atoms. The summed E-state index contributed by atoms with van der Waals surface area (Å²) in [5, 5.41) is 2.58. The zero-order valence-electron chi connectivity index (χ0n) is 20.9. The molecule has 1 aliphatic carbocycles. The zero-order chi connectivity index (χ0) is 25.1. The average molecular weight is 484 g/mol. The van der Waals surface area contributed by atoms with E-state index in [0.29, 0.717) is 0 Å². The number of para-hydroxylation sites is 2. The van der Waals surface area contributed by atoms with Gasteiger partial charge in [-0.3, -0.25) is 0 Å². The first-order valence-electron chi connectivity index (χ1n) is 13.2. The Morgan fingerprint density at radius 1 is 0.421 bits per heavy atom. The van der Waals surface area contributed by atoms with Crippen molar-refractivity contribution in [3.63, 3.8) is 0 Å². The van der Waals surface area contributed by atoms with Crippen LogP contribution in [0.25, 0.3) is 49.7 Å². The van der Waals surface area contributed by atoms with Crippen molar-refractivity contribution in [3.8, 4) is 27.9 Å². The zero-order valence-corrected chi connectivity index (χ0v) is 20.9. The Kier molecular flexibility index (Phi) is 4.65. The smallest absolute Gasteiger partial charge is 0.0541 e. The van der Waals surface area contributed by atoms with Gasteiger partial charge in [0.2, 0.25) is 0 Å². The molecule has 7 aromatic rings. The van der Waals surface area contributed by atoms with Crippen LogP contribution in [0, 0.1) is 0 Å². The Labute approximate surface area is 222 Å². The van der Waals surface area contributed by atoms with Crippen molar-refractivity contribution in [2.45, 2.75) is 5.92 Å². The van der Waals surface area contributed by atoms with Crippen LogP contribution in [-0.4, -0.2) is 4.57 Å². The molecule has 0 saturated heterocycles. The first-order chi connectivity index (χ1) is 18.9. The maximum atomic E-state index is 2.44. The highest BCUT2D eigenvalue weighted by Crippen LogP contribution is 2.48. The van der Waals surface area contributed by atoms with Gasteiger partial charge in [0.25, 0.3) is 0 Å². The second kappa shape index (κ2) is 8.33. The van der Waals surface area contributed by atoms with E-state index < -0.39 is 0 Å². The first-order valence-corrected chi connectivity index (χ1v) is 13.2. The van der Waals surface area contributed by atoms with Crippen LogP contribution in [0.4, 0.5) is 0 Å². The van der Waals surface area contributed by atoms with E-state index in [2.05, 4.69) is 150 Å². The number of nitrogens with zero attached hydrogens (tertiary/aromatic N) is 1. The van der Waals surface area contributed by atoms with Crippen molar-refractivity contribution in [2.75, 3.05) is 0 Å². The molecule has 0 amide bonds. The van der Waals surface area contributed by atoms with Crippen molar-refractivity contribution in [1.29, 1.82) is 0 Å². The standard InChI is InChI=1S/C37H25N/c1-2-12-25(13-3-1)27-14-8-10-20-34(27)38-35-21-11-9-17-30(35)33-24-26(22-23-36(33)38)37-31-18-6-4-15-28(31)29-16-5-7-19-32(29)37/h1-24,37H. The number of benzene rings is 6. The van der Waals surface area contributed by atoms with Gasteiger partial charge >= 0.3 is 0 Å². The highest BCUT2D eigenvalue weighted by molar-refractivity contribution is 6.10. The van der Waals surface area contributed by atoms with Crippen LogP contribution in [0.3, 0.4) is 0 Å². The fourth-order valence-electron chi connectivity index (χ4n) is 6.47. The van der Waals surface area contributed by atoms with Gasteiger partial charge in [0, 0.05) is 22.3 Å². The minimum absolute atomic E-state index is 0.241. The number of fused-ring (bicyclic) bond motifs is 6. The molecule has 0 aliphatic heterocycles. The van der Waals surface area contributed by atoms with E-state index in [1.54, 1.807) is 0 Å². The Morgan fingerprint density at radius 3 is 1.76 bits per heavy atom. The first kappa shape index (κ1) is 21.2. The monoisotopic (exact) mass is 483 g/mol. The summed E-state index contributed by atoms with van der Waals surface area (Å²) in [5.41, 5.74) is 13.0. The maximum absolute atomic E-state index is 2.44. The summed E-state index contributed by atoms with van der Waals surface area (Å²) in [7, 11) is 0. The molecule has 1 aromatic heterocycles. The lowest BCUT2D eigenvalue weighted by atomic mass is 9.88. The van der Waals surface area contributed by atoms with Crippen molar-refractivity contribution in [2.24, 2.45) is 0 Å². The predicted molar refractivity (Wildman–Crippen MR) is 159 cm³/mol. The number of hydrogen-bond donors (Lipinski definition) is 0. The maximum Gasteiger partial charge on any atom is 0.0541 e. The van der Waals surface area contributed by atoms with E-state index in [1.807, 2.05) is 0 Å². The topological polar surface area (TPSA) is 4.93 Å². The second-order valence-corrected chi connectivity index (χ2v) is 10.1. The molecular weight excluding hydrogens is 458 g/mol. The molecule has 8 rings (SSSR count). The number of hydrogen-bond acceptors (Lipinski definition) is 0. The third-order valence-corrected chi connectivity index (χ3v) is 8.09. The molecule has 0 unspecified atom stereocenters. The van der Waals surface area contributed by atoms with E-state index in [4.69, 9.17) is 0 Å². The van der Waals surface area contributed by atoms with Crippen molar-refractivity contribution < 1.29 is 0 Å². The quantitative estimate of drug-likeness (QED) is 0.236. The molecule has 6 aromatic carbocycles.